The van der Waals surface area contributed by atoms with Gasteiger partial charge in [0.15, 0.2) is 0 Å². The van der Waals surface area contributed by atoms with Crippen LogP contribution in [0.25, 0.3) is 11.3 Å². The van der Waals surface area contributed by atoms with Crippen molar-refractivity contribution in [2.45, 2.75) is 47.1 Å². The fourth-order valence-corrected chi connectivity index (χ4v) is 2.45. The molecule has 0 aliphatic heterocycles. The molecule has 0 atom stereocenters. The van der Waals surface area contributed by atoms with E-state index >= 15 is 0 Å². The Balaban J connectivity index is 2.59. The Morgan fingerprint density at radius 2 is 1.95 bits per heavy atom. The summed E-state index contributed by atoms with van der Waals surface area (Å²) in [4.78, 5) is 4.76. The van der Waals surface area contributed by atoms with Crippen LogP contribution in [0.15, 0.2) is 18.2 Å². The zero-order valence-corrected chi connectivity index (χ0v) is 12.3. The number of anilines is 1. The molecule has 0 saturated carbocycles. The minimum Gasteiger partial charge on any atom is -0.383 e. The highest BCUT2D eigenvalue weighted by atomic mass is 15.1. The van der Waals surface area contributed by atoms with Crippen molar-refractivity contribution in [3.8, 4) is 11.3 Å². The standard InChI is InChI=1S/C16H23N3/c1-5-9-19-14(6-2)18-15(16(19)17)13-10-11(3)7-8-12(13)4/h7-8,10H,5-6,9,17H2,1-4H3. The maximum atomic E-state index is 6.32. The Kier molecular flexibility index (Phi) is 3.93. The number of hydrogen-bond acceptors (Lipinski definition) is 2. The number of rotatable bonds is 4. The second kappa shape index (κ2) is 5.47. The molecule has 102 valence electrons. The fraction of sp³-hybridized carbons (Fsp3) is 0.438. The minimum absolute atomic E-state index is 0.799. The zero-order valence-electron chi connectivity index (χ0n) is 12.3. The van der Waals surface area contributed by atoms with E-state index in [9.17, 15) is 0 Å². The lowest BCUT2D eigenvalue weighted by Crippen LogP contribution is -2.06. The summed E-state index contributed by atoms with van der Waals surface area (Å²) in [5.74, 6) is 1.88. The largest absolute Gasteiger partial charge is 0.383 e. The van der Waals surface area contributed by atoms with Gasteiger partial charge in [0, 0.05) is 18.5 Å². The molecular formula is C16H23N3. The first-order chi connectivity index (χ1) is 9.08. The summed E-state index contributed by atoms with van der Waals surface area (Å²) >= 11 is 0. The number of nitrogens with zero attached hydrogens (tertiary/aromatic N) is 2. The molecule has 1 heterocycles. The van der Waals surface area contributed by atoms with Crippen LogP contribution in [-0.2, 0) is 13.0 Å². The number of nitrogens with two attached hydrogens (primary N) is 1. The minimum atomic E-state index is 0.799. The second-order valence-corrected chi connectivity index (χ2v) is 5.09. The first-order valence-corrected chi connectivity index (χ1v) is 7.01. The van der Waals surface area contributed by atoms with E-state index in [1.165, 1.54) is 11.1 Å². The molecule has 0 aliphatic carbocycles. The Morgan fingerprint density at radius 1 is 1.21 bits per heavy atom. The Labute approximate surface area is 115 Å². The monoisotopic (exact) mass is 257 g/mol. The summed E-state index contributed by atoms with van der Waals surface area (Å²) < 4.78 is 2.15. The summed E-state index contributed by atoms with van der Waals surface area (Å²) in [5.41, 5.74) is 10.9. The number of aryl methyl sites for hydroxylation is 3. The summed E-state index contributed by atoms with van der Waals surface area (Å²) in [5, 5.41) is 0. The van der Waals surface area contributed by atoms with E-state index in [0.29, 0.717) is 0 Å². The van der Waals surface area contributed by atoms with Crippen molar-refractivity contribution in [2.75, 3.05) is 5.73 Å². The number of aromatic nitrogens is 2. The first-order valence-electron chi connectivity index (χ1n) is 7.01. The van der Waals surface area contributed by atoms with Gasteiger partial charge in [-0.25, -0.2) is 4.98 Å². The highest BCUT2D eigenvalue weighted by Crippen LogP contribution is 2.30. The van der Waals surface area contributed by atoms with Gasteiger partial charge >= 0.3 is 0 Å². The third kappa shape index (κ3) is 2.50. The van der Waals surface area contributed by atoms with E-state index in [1.807, 2.05) is 0 Å². The predicted molar refractivity (Wildman–Crippen MR) is 81.2 cm³/mol. The fourth-order valence-electron chi connectivity index (χ4n) is 2.45. The van der Waals surface area contributed by atoms with Crippen LogP contribution in [-0.4, -0.2) is 9.55 Å². The lowest BCUT2D eigenvalue weighted by molar-refractivity contribution is 0.650. The average molecular weight is 257 g/mol. The summed E-state index contributed by atoms with van der Waals surface area (Å²) in [7, 11) is 0. The van der Waals surface area contributed by atoms with E-state index in [0.717, 1.165) is 42.3 Å². The summed E-state index contributed by atoms with van der Waals surface area (Å²) in [6.45, 7) is 9.44. The van der Waals surface area contributed by atoms with Gasteiger partial charge in [-0.1, -0.05) is 31.5 Å². The molecule has 19 heavy (non-hydrogen) atoms. The first kappa shape index (κ1) is 13.7. The van der Waals surface area contributed by atoms with Crippen molar-refractivity contribution in [3.05, 3.63) is 35.2 Å². The molecule has 0 aliphatic rings. The van der Waals surface area contributed by atoms with Crippen LogP contribution in [0.2, 0.25) is 0 Å². The quantitative estimate of drug-likeness (QED) is 0.907. The molecule has 2 aromatic rings. The predicted octanol–water partition coefficient (Wildman–Crippen LogP) is 3.72. The van der Waals surface area contributed by atoms with Gasteiger partial charge in [0.2, 0.25) is 0 Å². The molecule has 1 aromatic heterocycles. The van der Waals surface area contributed by atoms with E-state index in [-0.39, 0.29) is 0 Å². The third-order valence-corrected chi connectivity index (χ3v) is 3.50. The Hall–Kier alpha value is -1.77. The van der Waals surface area contributed by atoms with Crippen molar-refractivity contribution in [1.82, 2.24) is 9.55 Å². The van der Waals surface area contributed by atoms with Crippen molar-refractivity contribution in [2.24, 2.45) is 0 Å². The van der Waals surface area contributed by atoms with Crippen molar-refractivity contribution in [1.29, 1.82) is 0 Å². The SMILES string of the molecule is CCCn1c(CC)nc(-c2cc(C)ccc2C)c1N. The molecule has 0 bridgehead atoms. The molecule has 0 amide bonds. The topological polar surface area (TPSA) is 43.8 Å². The third-order valence-electron chi connectivity index (χ3n) is 3.50. The molecule has 0 fully saturated rings. The van der Waals surface area contributed by atoms with Gasteiger partial charge in [-0.15, -0.1) is 0 Å². The molecule has 0 spiro atoms. The van der Waals surface area contributed by atoms with Crippen LogP contribution in [0.5, 0.6) is 0 Å². The molecule has 2 rings (SSSR count). The van der Waals surface area contributed by atoms with Gasteiger partial charge in [-0.2, -0.15) is 0 Å². The maximum absolute atomic E-state index is 6.32. The lowest BCUT2D eigenvalue weighted by atomic mass is 10.0. The van der Waals surface area contributed by atoms with Gasteiger partial charge in [-0.05, 0) is 31.9 Å². The average Bonchev–Trinajstić information content (AvgIpc) is 2.70. The van der Waals surface area contributed by atoms with E-state index in [2.05, 4.69) is 50.5 Å². The van der Waals surface area contributed by atoms with Crippen LogP contribution < -0.4 is 5.73 Å². The van der Waals surface area contributed by atoms with Gasteiger partial charge < -0.3 is 10.3 Å². The summed E-state index contributed by atoms with van der Waals surface area (Å²) in [6.07, 6.45) is 1.98. The van der Waals surface area contributed by atoms with Crippen LogP contribution in [0.3, 0.4) is 0 Å². The van der Waals surface area contributed by atoms with E-state index in [1.54, 1.807) is 0 Å². The van der Waals surface area contributed by atoms with Gasteiger partial charge in [-0.3, -0.25) is 0 Å². The molecule has 1 aromatic carbocycles. The van der Waals surface area contributed by atoms with E-state index in [4.69, 9.17) is 10.7 Å². The molecule has 3 nitrogen and oxygen atoms in total. The molecule has 2 N–H and O–H groups in total. The summed E-state index contributed by atoms with van der Waals surface area (Å²) in [6, 6.07) is 6.43. The normalized spacial score (nSPS) is 10.9. The number of imidazole rings is 1. The van der Waals surface area contributed by atoms with Crippen molar-refractivity contribution >= 4 is 5.82 Å². The molecule has 0 radical (unpaired) electrons. The number of nitrogen functional groups attached to an aromatic ring is 1. The van der Waals surface area contributed by atoms with Crippen LogP contribution in [0, 0.1) is 13.8 Å². The lowest BCUT2D eigenvalue weighted by Gasteiger charge is -2.08. The highest BCUT2D eigenvalue weighted by Gasteiger charge is 2.16. The van der Waals surface area contributed by atoms with Gasteiger partial charge in [0.05, 0.1) is 0 Å². The van der Waals surface area contributed by atoms with Crippen molar-refractivity contribution in [3.63, 3.8) is 0 Å². The second-order valence-electron chi connectivity index (χ2n) is 5.09. The number of benzene rings is 1. The van der Waals surface area contributed by atoms with Crippen LogP contribution in [0.1, 0.15) is 37.2 Å². The number of hydrogen-bond donors (Lipinski definition) is 1. The Bertz CT molecular complexity index is 582. The molecule has 3 heteroatoms. The molecule has 0 unspecified atom stereocenters. The van der Waals surface area contributed by atoms with Gasteiger partial charge in [0.25, 0.3) is 0 Å². The van der Waals surface area contributed by atoms with Crippen LogP contribution >= 0.6 is 0 Å². The van der Waals surface area contributed by atoms with Crippen molar-refractivity contribution < 1.29 is 0 Å². The van der Waals surface area contributed by atoms with Crippen LogP contribution in [0.4, 0.5) is 5.82 Å². The van der Waals surface area contributed by atoms with Gasteiger partial charge in [0.1, 0.15) is 17.3 Å². The smallest absolute Gasteiger partial charge is 0.131 e. The molecular weight excluding hydrogens is 234 g/mol. The highest BCUT2D eigenvalue weighted by molar-refractivity contribution is 5.74. The molecule has 0 saturated heterocycles. The van der Waals surface area contributed by atoms with E-state index < -0.39 is 0 Å². The zero-order chi connectivity index (χ0) is 14.0. The Morgan fingerprint density at radius 3 is 2.58 bits per heavy atom. The maximum Gasteiger partial charge on any atom is 0.131 e.